The highest BCUT2D eigenvalue weighted by molar-refractivity contribution is 4.97. The summed E-state index contributed by atoms with van der Waals surface area (Å²) in [5.41, 5.74) is 6.43. The summed E-state index contributed by atoms with van der Waals surface area (Å²) < 4.78 is 1.99. The molecule has 0 radical (unpaired) electrons. The summed E-state index contributed by atoms with van der Waals surface area (Å²) in [4.78, 5) is 4.19. The van der Waals surface area contributed by atoms with Crippen LogP contribution in [0.25, 0.3) is 0 Å². The number of aliphatic hydroxyl groups is 1. The van der Waals surface area contributed by atoms with E-state index in [4.69, 9.17) is 10.8 Å². The first-order valence-electron chi connectivity index (χ1n) is 4.57. The lowest BCUT2D eigenvalue weighted by atomic mass is 10.2. The number of hydrogen-bond donors (Lipinski definition) is 2. The molecule has 0 fully saturated rings. The fraction of sp³-hybridized carbons (Fsp3) is 0.667. The van der Waals surface area contributed by atoms with Crippen LogP contribution in [0.3, 0.4) is 0 Å². The molecule has 0 saturated carbocycles. The molecule has 1 aromatic heterocycles. The van der Waals surface area contributed by atoms with E-state index < -0.39 is 0 Å². The zero-order chi connectivity index (χ0) is 9.68. The maximum absolute atomic E-state index is 8.85. The number of aromatic nitrogens is 2. The van der Waals surface area contributed by atoms with E-state index in [2.05, 4.69) is 4.98 Å². The van der Waals surface area contributed by atoms with Crippen molar-refractivity contribution in [2.45, 2.75) is 19.9 Å². The molecule has 0 aliphatic heterocycles. The van der Waals surface area contributed by atoms with Gasteiger partial charge in [-0.15, -0.1) is 0 Å². The van der Waals surface area contributed by atoms with Gasteiger partial charge in [0.15, 0.2) is 0 Å². The molecule has 4 heteroatoms. The van der Waals surface area contributed by atoms with E-state index in [1.54, 1.807) is 6.33 Å². The molecule has 0 spiro atoms. The molecule has 0 amide bonds. The SMILES string of the molecule is C[C@H](CO)Cn1cnc(CCN)c1. The first kappa shape index (κ1) is 10.2. The number of hydrogen-bond acceptors (Lipinski definition) is 3. The van der Waals surface area contributed by atoms with Gasteiger partial charge in [0.1, 0.15) is 0 Å². The highest BCUT2D eigenvalue weighted by atomic mass is 16.3. The molecule has 4 nitrogen and oxygen atoms in total. The van der Waals surface area contributed by atoms with Crippen molar-refractivity contribution in [1.29, 1.82) is 0 Å². The minimum Gasteiger partial charge on any atom is -0.396 e. The summed E-state index contributed by atoms with van der Waals surface area (Å²) in [7, 11) is 0. The second-order valence-electron chi connectivity index (χ2n) is 3.39. The Morgan fingerprint density at radius 2 is 2.46 bits per heavy atom. The van der Waals surface area contributed by atoms with Crippen LogP contribution in [-0.2, 0) is 13.0 Å². The zero-order valence-corrected chi connectivity index (χ0v) is 7.98. The molecule has 74 valence electrons. The van der Waals surface area contributed by atoms with Gasteiger partial charge in [0, 0.05) is 25.8 Å². The predicted octanol–water partition coefficient (Wildman–Crippen LogP) is 0.0127. The van der Waals surface area contributed by atoms with E-state index in [0.29, 0.717) is 6.54 Å². The molecule has 3 N–H and O–H groups in total. The number of nitrogens with two attached hydrogens (primary N) is 1. The van der Waals surface area contributed by atoms with Gasteiger partial charge in [-0.25, -0.2) is 4.98 Å². The first-order chi connectivity index (χ1) is 6.26. The third kappa shape index (κ3) is 3.16. The van der Waals surface area contributed by atoms with Gasteiger partial charge in [0.05, 0.1) is 12.0 Å². The minimum absolute atomic E-state index is 0.213. The lowest BCUT2D eigenvalue weighted by Gasteiger charge is -2.07. The molecule has 1 atom stereocenters. The van der Waals surface area contributed by atoms with Gasteiger partial charge >= 0.3 is 0 Å². The van der Waals surface area contributed by atoms with Crippen molar-refractivity contribution in [3.05, 3.63) is 18.2 Å². The quantitative estimate of drug-likeness (QED) is 0.676. The number of aliphatic hydroxyl groups excluding tert-OH is 1. The number of nitrogens with zero attached hydrogens (tertiary/aromatic N) is 2. The van der Waals surface area contributed by atoms with Crippen LogP contribution in [0.1, 0.15) is 12.6 Å². The average molecular weight is 183 g/mol. The molecule has 0 aliphatic rings. The maximum Gasteiger partial charge on any atom is 0.0949 e. The van der Waals surface area contributed by atoms with Crippen molar-refractivity contribution in [2.75, 3.05) is 13.2 Å². The summed E-state index contributed by atoms with van der Waals surface area (Å²) in [6.07, 6.45) is 4.59. The monoisotopic (exact) mass is 183 g/mol. The summed E-state index contributed by atoms with van der Waals surface area (Å²) in [6, 6.07) is 0. The van der Waals surface area contributed by atoms with E-state index in [9.17, 15) is 0 Å². The Balaban J connectivity index is 2.48. The van der Waals surface area contributed by atoms with Crippen LogP contribution in [0.2, 0.25) is 0 Å². The van der Waals surface area contributed by atoms with E-state index in [1.807, 2.05) is 17.7 Å². The van der Waals surface area contributed by atoms with Gasteiger partial charge in [-0.05, 0) is 12.5 Å². The van der Waals surface area contributed by atoms with Crippen LogP contribution in [0.4, 0.5) is 0 Å². The minimum atomic E-state index is 0.213. The Bertz CT molecular complexity index is 247. The van der Waals surface area contributed by atoms with Gasteiger partial charge in [-0.3, -0.25) is 0 Å². The van der Waals surface area contributed by atoms with Crippen LogP contribution in [0.5, 0.6) is 0 Å². The highest BCUT2D eigenvalue weighted by Crippen LogP contribution is 2.02. The Morgan fingerprint density at radius 3 is 3.08 bits per heavy atom. The van der Waals surface area contributed by atoms with Crippen molar-refractivity contribution < 1.29 is 5.11 Å². The van der Waals surface area contributed by atoms with E-state index in [-0.39, 0.29) is 12.5 Å². The molecular weight excluding hydrogens is 166 g/mol. The van der Waals surface area contributed by atoms with E-state index >= 15 is 0 Å². The van der Waals surface area contributed by atoms with Crippen molar-refractivity contribution in [2.24, 2.45) is 11.7 Å². The standard InChI is InChI=1S/C9H17N3O/c1-8(6-13)4-12-5-9(2-3-10)11-7-12/h5,7-8,13H,2-4,6,10H2,1H3/t8-/m0/s1. The Morgan fingerprint density at radius 1 is 1.69 bits per heavy atom. The van der Waals surface area contributed by atoms with Gasteiger partial charge in [-0.2, -0.15) is 0 Å². The van der Waals surface area contributed by atoms with E-state index in [0.717, 1.165) is 18.7 Å². The summed E-state index contributed by atoms with van der Waals surface area (Å²) >= 11 is 0. The fourth-order valence-corrected chi connectivity index (χ4v) is 1.20. The fourth-order valence-electron chi connectivity index (χ4n) is 1.20. The summed E-state index contributed by atoms with van der Waals surface area (Å²) in [5.74, 6) is 0.278. The molecule has 13 heavy (non-hydrogen) atoms. The Kier molecular flexibility index (Phi) is 3.92. The van der Waals surface area contributed by atoms with Crippen molar-refractivity contribution in [1.82, 2.24) is 9.55 Å². The molecule has 1 rings (SSSR count). The van der Waals surface area contributed by atoms with Crippen molar-refractivity contribution in [3.63, 3.8) is 0 Å². The lowest BCUT2D eigenvalue weighted by molar-refractivity contribution is 0.223. The van der Waals surface area contributed by atoms with Gasteiger partial charge in [-0.1, -0.05) is 6.92 Å². The molecular formula is C9H17N3O. The molecule has 0 unspecified atom stereocenters. The van der Waals surface area contributed by atoms with Crippen molar-refractivity contribution in [3.8, 4) is 0 Å². The topological polar surface area (TPSA) is 64.1 Å². The summed E-state index contributed by atoms with van der Waals surface area (Å²) in [6.45, 7) is 3.66. The van der Waals surface area contributed by atoms with Crippen LogP contribution in [-0.4, -0.2) is 27.8 Å². The Labute approximate surface area is 78.4 Å². The third-order valence-electron chi connectivity index (χ3n) is 1.92. The van der Waals surface area contributed by atoms with Gasteiger partial charge in [0.2, 0.25) is 0 Å². The first-order valence-corrected chi connectivity index (χ1v) is 4.57. The van der Waals surface area contributed by atoms with Gasteiger partial charge in [0.25, 0.3) is 0 Å². The Hall–Kier alpha value is -0.870. The van der Waals surface area contributed by atoms with Crippen LogP contribution in [0, 0.1) is 5.92 Å². The predicted molar refractivity (Wildman–Crippen MR) is 51.2 cm³/mol. The molecule has 0 bridgehead atoms. The molecule has 0 aliphatic carbocycles. The van der Waals surface area contributed by atoms with Gasteiger partial charge < -0.3 is 15.4 Å². The number of rotatable bonds is 5. The van der Waals surface area contributed by atoms with Crippen LogP contribution >= 0.6 is 0 Å². The smallest absolute Gasteiger partial charge is 0.0949 e. The van der Waals surface area contributed by atoms with E-state index in [1.165, 1.54) is 0 Å². The highest BCUT2D eigenvalue weighted by Gasteiger charge is 2.02. The third-order valence-corrected chi connectivity index (χ3v) is 1.92. The largest absolute Gasteiger partial charge is 0.396 e. The lowest BCUT2D eigenvalue weighted by Crippen LogP contribution is -2.09. The van der Waals surface area contributed by atoms with Crippen LogP contribution < -0.4 is 5.73 Å². The molecule has 1 aromatic rings. The maximum atomic E-state index is 8.85. The molecule has 1 heterocycles. The molecule has 0 saturated heterocycles. The molecule has 0 aromatic carbocycles. The zero-order valence-electron chi connectivity index (χ0n) is 7.98. The van der Waals surface area contributed by atoms with Crippen LogP contribution in [0.15, 0.2) is 12.5 Å². The van der Waals surface area contributed by atoms with Crippen molar-refractivity contribution >= 4 is 0 Å². The summed E-state index contributed by atoms with van der Waals surface area (Å²) in [5, 5.41) is 8.85. The second kappa shape index (κ2) is 4.99. The second-order valence-corrected chi connectivity index (χ2v) is 3.39. The number of imidazole rings is 1. The average Bonchev–Trinajstić information content (AvgIpc) is 2.53. The normalized spacial score (nSPS) is 13.2.